The van der Waals surface area contributed by atoms with Gasteiger partial charge in [-0.2, -0.15) is 13.2 Å². The Balaban J connectivity index is 1.80. The van der Waals surface area contributed by atoms with E-state index in [2.05, 4.69) is 22.1 Å². The first-order valence-corrected chi connectivity index (χ1v) is 9.00. The molecular weight excluding hydrogens is 379 g/mol. The summed E-state index contributed by atoms with van der Waals surface area (Å²) in [5.41, 5.74) is 0.119. The molecule has 1 saturated heterocycles. The van der Waals surface area contributed by atoms with Gasteiger partial charge < -0.3 is 10.2 Å². The Morgan fingerprint density at radius 1 is 1.30 bits per heavy atom. The van der Waals surface area contributed by atoms with Crippen LogP contribution in [0.25, 0.3) is 0 Å². The summed E-state index contributed by atoms with van der Waals surface area (Å²) in [6.07, 6.45) is 0.784. The van der Waals surface area contributed by atoms with Crippen molar-refractivity contribution in [3.63, 3.8) is 0 Å². The summed E-state index contributed by atoms with van der Waals surface area (Å²) >= 11 is 5.94. The van der Waals surface area contributed by atoms with Crippen molar-refractivity contribution in [1.82, 2.24) is 4.98 Å². The Bertz CT molecular complexity index is 841. The number of nitrogens with one attached hydrogen (secondary N) is 1. The molecule has 0 saturated carbocycles. The number of aromatic nitrogens is 1. The Labute approximate surface area is 160 Å². The van der Waals surface area contributed by atoms with Crippen LogP contribution in [0.5, 0.6) is 0 Å². The van der Waals surface area contributed by atoms with Crippen LogP contribution in [0, 0.1) is 5.92 Å². The standard InChI is InChI=1S/C19H19ClF3N3O/c1-12-3-2-6-26(11-12)15-7-13(9-24-10-15)18(27)25-17-8-14(19(21,22)23)4-5-16(17)20/h4-5,7-10,12H,2-3,6,11H2,1H3,(H,25,27). The maximum Gasteiger partial charge on any atom is 0.416 e. The Hall–Kier alpha value is -2.28. The average molecular weight is 398 g/mol. The molecule has 2 aromatic rings. The lowest BCUT2D eigenvalue weighted by Crippen LogP contribution is -2.34. The minimum absolute atomic E-state index is 0.0327. The summed E-state index contributed by atoms with van der Waals surface area (Å²) in [6, 6.07) is 4.51. The fourth-order valence-electron chi connectivity index (χ4n) is 3.14. The van der Waals surface area contributed by atoms with E-state index in [0.717, 1.165) is 49.8 Å². The molecule has 4 nitrogen and oxygen atoms in total. The summed E-state index contributed by atoms with van der Waals surface area (Å²) < 4.78 is 38.6. The summed E-state index contributed by atoms with van der Waals surface area (Å²) in [4.78, 5) is 18.8. The van der Waals surface area contributed by atoms with Crippen LogP contribution in [0.3, 0.4) is 0 Å². The number of pyridine rings is 1. The number of hydrogen-bond acceptors (Lipinski definition) is 3. The summed E-state index contributed by atoms with van der Waals surface area (Å²) in [7, 11) is 0. The number of hydrogen-bond donors (Lipinski definition) is 1. The fraction of sp³-hybridized carbons (Fsp3) is 0.368. The second-order valence-corrected chi connectivity index (χ2v) is 7.18. The Morgan fingerprint density at radius 2 is 2.07 bits per heavy atom. The molecule has 1 aromatic heterocycles. The van der Waals surface area contributed by atoms with Gasteiger partial charge in [0.25, 0.3) is 5.91 Å². The van der Waals surface area contributed by atoms with Crippen LogP contribution in [0.2, 0.25) is 5.02 Å². The molecule has 1 atom stereocenters. The summed E-state index contributed by atoms with van der Waals surface area (Å²) in [5.74, 6) is -0.00391. The molecule has 1 aliphatic rings. The number of benzene rings is 1. The third-order valence-corrected chi connectivity index (χ3v) is 4.88. The van der Waals surface area contributed by atoms with Crippen LogP contribution < -0.4 is 10.2 Å². The zero-order valence-corrected chi connectivity index (χ0v) is 15.4. The quantitative estimate of drug-likeness (QED) is 0.770. The van der Waals surface area contributed by atoms with E-state index in [4.69, 9.17) is 11.6 Å². The molecule has 1 fully saturated rings. The lowest BCUT2D eigenvalue weighted by Gasteiger charge is -2.32. The fourth-order valence-corrected chi connectivity index (χ4v) is 3.31. The maximum absolute atomic E-state index is 12.9. The molecule has 144 valence electrons. The van der Waals surface area contributed by atoms with Crippen LogP contribution in [0.15, 0.2) is 36.7 Å². The molecule has 0 spiro atoms. The molecule has 0 radical (unpaired) electrons. The molecule has 3 rings (SSSR count). The van der Waals surface area contributed by atoms with E-state index >= 15 is 0 Å². The van der Waals surface area contributed by atoms with Crippen molar-refractivity contribution in [2.24, 2.45) is 5.92 Å². The van der Waals surface area contributed by atoms with Gasteiger partial charge in [-0.1, -0.05) is 18.5 Å². The van der Waals surface area contributed by atoms with E-state index in [1.807, 2.05) is 0 Å². The number of anilines is 2. The van der Waals surface area contributed by atoms with Crippen molar-refractivity contribution in [2.75, 3.05) is 23.3 Å². The first-order valence-electron chi connectivity index (χ1n) is 8.62. The first-order chi connectivity index (χ1) is 12.7. The molecule has 1 unspecified atom stereocenters. The zero-order chi connectivity index (χ0) is 19.6. The maximum atomic E-state index is 12.9. The second kappa shape index (κ2) is 7.76. The molecule has 27 heavy (non-hydrogen) atoms. The molecule has 1 N–H and O–H groups in total. The number of rotatable bonds is 3. The molecular formula is C19H19ClF3N3O. The topological polar surface area (TPSA) is 45.2 Å². The molecule has 0 bridgehead atoms. The molecule has 8 heteroatoms. The van der Waals surface area contributed by atoms with Crippen molar-refractivity contribution in [1.29, 1.82) is 0 Å². The average Bonchev–Trinajstić information content (AvgIpc) is 2.62. The van der Waals surface area contributed by atoms with Gasteiger partial charge in [-0.3, -0.25) is 9.78 Å². The minimum atomic E-state index is -4.52. The number of alkyl halides is 3. The molecule has 1 aromatic carbocycles. The predicted molar refractivity (Wildman–Crippen MR) is 99.3 cm³/mol. The molecule has 0 aliphatic carbocycles. The predicted octanol–water partition coefficient (Wildman–Crippen LogP) is 5.24. The van der Waals surface area contributed by atoms with E-state index in [9.17, 15) is 18.0 Å². The number of nitrogens with zero attached hydrogens (tertiary/aromatic N) is 2. The monoisotopic (exact) mass is 397 g/mol. The number of carbonyl (C=O) groups is 1. The van der Waals surface area contributed by atoms with Gasteiger partial charge in [-0.15, -0.1) is 0 Å². The molecule has 1 amide bonds. The smallest absolute Gasteiger partial charge is 0.370 e. The van der Waals surface area contributed by atoms with Gasteiger partial charge in [0.05, 0.1) is 33.7 Å². The first kappa shape index (κ1) is 19.5. The normalized spacial score (nSPS) is 17.7. The van der Waals surface area contributed by atoms with E-state index in [0.29, 0.717) is 5.92 Å². The number of amides is 1. The van der Waals surface area contributed by atoms with Crippen molar-refractivity contribution in [2.45, 2.75) is 25.9 Å². The van der Waals surface area contributed by atoms with Crippen molar-refractivity contribution >= 4 is 28.9 Å². The highest BCUT2D eigenvalue weighted by Crippen LogP contribution is 2.34. The van der Waals surface area contributed by atoms with Gasteiger partial charge in [0.1, 0.15) is 0 Å². The van der Waals surface area contributed by atoms with E-state index in [-0.39, 0.29) is 16.3 Å². The van der Waals surface area contributed by atoms with Crippen LogP contribution in [-0.2, 0) is 6.18 Å². The largest absolute Gasteiger partial charge is 0.416 e. The SMILES string of the molecule is CC1CCCN(c2cncc(C(=O)Nc3cc(C(F)(F)F)ccc3Cl)c2)C1. The second-order valence-electron chi connectivity index (χ2n) is 6.77. The Morgan fingerprint density at radius 3 is 2.78 bits per heavy atom. The molecule has 2 heterocycles. The van der Waals surface area contributed by atoms with Gasteiger partial charge in [0, 0.05) is 19.3 Å². The summed E-state index contributed by atoms with van der Waals surface area (Å²) in [5, 5.41) is 2.48. The van der Waals surface area contributed by atoms with Gasteiger partial charge >= 0.3 is 6.18 Å². The van der Waals surface area contributed by atoms with E-state index in [1.54, 1.807) is 12.3 Å². The Kier molecular flexibility index (Phi) is 5.60. The van der Waals surface area contributed by atoms with Crippen LogP contribution in [-0.4, -0.2) is 24.0 Å². The highest BCUT2D eigenvalue weighted by atomic mass is 35.5. The highest BCUT2D eigenvalue weighted by Gasteiger charge is 2.31. The lowest BCUT2D eigenvalue weighted by molar-refractivity contribution is -0.137. The van der Waals surface area contributed by atoms with Gasteiger partial charge in [-0.05, 0) is 43.0 Å². The molecule has 1 aliphatic heterocycles. The highest BCUT2D eigenvalue weighted by molar-refractivity contribution is 6.34. The van der Waals surface area contributed by atoms with E-state index < -0.39 is 17.6 Å². The van der Waals surface area contributed by atoms with Crippen LogP contribution in [0.4, 0.5) is 24.5 Å². The summed E-state index contributed by atoms with van der Waals surface area (Å²) in [6.45, 7) is 3.94. The number of carbonyl (C=O) groups excluding carboxylic acids is 1. The van der Waals surface area contributed by atoms with Crippen molar-refractivity contribution in [3.8, 4) is 0 Å². The minimum Gasteiger partial charge on any atom is -0.370 e. The lowest BCUT2D eigenvalue weighted by atomic mass is 10.00. The van der Waals surface area contributed by atoms with Crippen LogP contribution >= 0.6 is 11.6 Å². The number of piperidine rings is 1. The van der Waals surface area contributed by atoms with Gasteiger partial charge in [-0.25, -0.2) is 0 Å². The number of halogens is 4. The van der Waals surface area contributed by atoms with Gasteiger partial charge in [0.2, 0.25) is 0 Å². The van der Waals surface area contributed by atoms with Crippen LogP contribution in [0.1, 0.15) is 35.7 Å². The van der Waals surface area contributed by atoms with E-state index in [1.165, 1.54) is 6.20 Å². The van der Waals surface area contributed by atoms with Crippen molar-refractivity contribution in [3.05, 3.63) is 52.8 Å². The zero-order valence-electron chi connectivity index (χ0n) is 14.7. The van der Waals surface area contributed by atoms with Crippen molar-refractivity contribution < 1.29 is 18.0 Å². The third-order valence-electron chi connectivity index (χ3n) is 4.55. The third kappa shape index (κ3) is 4.71. The van der Waals surface area contributed by atoms with Gasteiger partial charge in [0.15, 0.2) is 0 Å².